The van der Waals surface area contributed by atoms with Gasteiger partial charge in [-0.2, -0.15) is 4.98 Å². The summed E-state index contributed by atoms with van der Waals surface area (Å²) in [6.45, 7) is 0.424. The van der Waals surface area contributed by atoms with Gasteiger partial charge in [0, 0.05) is 18.2 Å². The summed E-state index contributed by atoms with van der Waals surface area (Å²) in [4.78, 5) is 18.6. The number of hydrogen-bond donors (Lipinski definition) is 1. The Morgan fingerprint density at radius 3 is 2.59 bits per heavy atom. The van der Waals surface area contributed by atoms with E-state index < -0.39 is 23.7 Å². The Bertz CT molecular complexity index is 1020. The quantitative estimate of drug-likeness (QED) is 0.676. The number of piperidine rings is 1. The van der Waals surface area contributed by atoms with Crippen molar-refractivity contribution in [2.75, 3.05) is 11.9 Å². The highest BCUT2D eigenvalue weighted by Crippen LogP contribution is 2.32. The molecule has 1 aromatic heterocycles. The second-order valence-corrected chi connectivity index (χ2v) is 6.72. The van der Waals surface area contributed by atoms with Gasteiger partial charge in [0.2, 0.25) is 11.7 Å². The van der Waals surface area contributed by atoms with Crippen LogP contribution in [0.5, 0.6) is 0 Å². The SMILES string of the molecule is O=C(Nc1ccc(F)cc1F)N1CCCC[C@H]1c1nc(-c2ccc(F)cc2)no1. The van der Waals surface area contributed by atoms with Crippen LogP contribution in [0.25, 0.3) is 11.4 Å². The Morgan fingerprint density at radius 2 is 1.83 bits per heavy atom. The number of amides is 2. The Labute approximate surface area is 164 Å². The lowest BCUT2D eigenvalue weighted by Gasteiger charge is -2.33. The number of halogens is 3. The van der Waals surface area contributed by atoms with E-state index in [0.29, 0.717) is 24.6 Å². The molecule has 0 aliphatic carbocycles. The fourth-order valence-corrected chi connectivity index (χ4v) is 3.30. The maximum atomic E-state index is 13.9. The molecule has 0 unspecified atom stereocenters. The summed E-state index contributed by atoms with van der Waals surface area (Å²) in [6, 6.07) is 7.58. The molecule has 2 aromatic carbocycles. The summed E-state index contributed by atoms with van der Waals surface area (Å²) >= 11 is 0. The minimum Gasteiger partial charge on any atom is -0.337 e. The molecule has 0 radical (unpaired) electrons. The van der Waals surface area contributed by atoms with Gasteiger partial charge in [-0.05, 0) is 55.7 Å². The van der Waals surface area contributed by atoms with Gasteiger partial charge in [-0.15, -0.1) is 0 Å². The zero-order valence-electron chi connectivity index (χ0n) is 15.2. The highest BCUT2D eigenvalue weighted by Gasteiger charge is 2.32. The predicted molar refractivity (Wildman–Crippen MR) is 98.4 cm³/mol. The van der Waals surface area contributed by atoms with E-state index in [0.717, 1.165) is 18.9 Å². The number of anilines is 1. The highest BCUT2D eigenvalue weighted by atomic mass is 19.1. The zero-order chi connectivity index (χ0) is 20.4. The van der Waals surface area contributed by atoms with Crippen molar-refractivity contribution >= 4 is 11.7 Å². The summed E-state index contributed by atoms with van der Waals surface area (Å²) in [7, 11) is 0. The first-order valence-electron chi connectivity index (χ1n) is 9.13. The second-order valence-electron chi connectivity index (χ2n) is 6.72. The first kappa shape index (κ1) is 19.0. The van der Waals surface area contributed by atoms with Crippen LogP contribution in [0, 0.1) is 17.5 Å². The summed E-state index contributed by atoms with van der Waals surface area (Å²) in [5.74, 6) is -1.42. The lowest BCUT2D eigenvalue weighted by Crippen LogP contribution is -2.41. The average molecular weight is 402 g/mol. The van der Waals surface area contributed by atoms with Crippen molar-refractivity contribution in [2.24, 2.45) is 0 Å². The molecule has 0 bridgehead atoms. The molecular formula is C20H17F3N4O2. The van der Waals surface area contributed by atoms with Gasteiger partial charge in [-0.1, -0.05) is 5.16 Å². The maximum Gasteiger partial charge on any atom is 0.322 e. The van der Waals surface area contributed by atoms with Gasteiger partial charge < -0.3 is 14.7 Å². The van der Waals surface area contributed by atoms with Gasteiger partial charge in [0.15, 0.2) is 0 Å². The standard InChI is InChI=1S/C20H17F3N4O2/c21-13-6-4-12(5-7-13)18-25-19(29-26-18)17-3-1-2-10-27(17)20(28)24-16-9-8-14(22)11-15(16)23/h4-9,11,17H,1-3,10H2,(H,24,28)/t17-/m0/s1. The molecule has 1 saturated heterocycles. The molecule has 1 aliphatic rings. The minimum atomic E-state index is -0.858. The molecule has 2 heterocycles. The van der Waals surface area contributed by atoms with Crippen molar-refractivity contribution in [3.05, 3.63) is 65.8 Å². The fraction of sp³-hybridized carbons (Fsp3) is 0.250. The number of likely N-dealkylation sites (tertiary alicyclic amines) is 1. The van der Waals surface area contributed by atoms with Gasteiger partial charge in [0.25, 0.3) is 0 Å². The van der Waals surface area contributed by atoms with Crippen LogP contribution in [0.1, 0.15) is 31.2 Å². The predicted octanol–water partition coefficient (Wildman–Crippen LogP) is 4.91. The van der Waals surface area contributed by atoms with E-state index in [2.05, 4.69) is 15.5 Å². The smallest absolute Gasteiger partial charge is 0.322 e. The van der Waals surface area contributed by atoms with Crippen LogP contribution in [0.4, 0.5) is 23.7 Å². The number of nitrogens with zero attached hydrogens (tertiary/aromatic N) is 3. The van der Waals surface area contributed by atoms with E-state index in [-0.39, 0.29) is 23.2 Å². The molecular weight excluding hydrogens is 385 g/mol. The third-order valence-electron chi connectivity index (χ3n) is 4.77. The van der Waals surface area contributed by atoms with E-state index >= 15 is 0 Å². The number of hydrogen-bond acceptors (Lipinski definition) is 4. The maximum absolute atomic E-state index is 13.9. The molecule has 9 heteroatoms. The molecule has 29 heavy (non-hydrogen) atoms. The van der Waals surface area contributed by atoms with E-state index in [1.165, 1.54) is 35.2 Å². The number of carbonyl (C=O) groups is 1. The third kappa shape index (κ3) is 4.08. The number of carbonyl (C=O) groups excluding carboxylic acids is 1. The molecule has 1 aliphatic heterocycles. The lowest BCUT2D eigenvalue weighted by molar-refractivity contribution is 0.142. The molecule has 3 aromatic rings. The summed E-state index contributed by atoms with van der Waals surface area (Å²) < 4.78 is 45.4. The molecule has 1 atom stereocenters. The topological polar surface area (TPSA) is 71.3 Å². The van der Waals surface area contributed by atoms with Gasteiger partial charge in [0.1, 0.15) is 23.5 Å². The number of aromatic nitrogens is 2. The normalized spacial score (nSPS) is 16.7. The van der Waals surface area contributed by atoms with Crippen LogP contribution in [0.3, 0.4) is 0 Å². The van der Waals surface area contributed by atoms with Gasteiger partial charge in [-0.3, -0.25) is 0 Å². The van der Waals surface area contributed by atoms with Crippen molar-refractivity contribution in [3.8, 4) is 11.4 Å². The van der Waals surface area contributed by atoms with E-state index in [4.69, 9.17) is 4.52 Å². The van der Waals surface area contributed by atoms with Crippen molar-refractivity contribution in [3.63, 3.8) is 0 Å². The first-order valence-corrected chi connectivity index (χ1v) is 9.13. The Kier molecular flexibility index (Phi) is 5.20. The van der Waals surface area contributed by atoms with E-state index in [1.807, 2.05) is 0 Å². The summed E-state index contributed by atoms with van der Waals surface area (Å²) in [6.07, 6.45) is 2.23. The van der Waals surface area contributed by atoms with Crippen LogP contribution in [-0.4, -0.2) is 27.6 Å². The summed E-state index contributed by atoms with van der Waals surface area (Å²) in [5, 5.41) is 6.39. The monoisotopic (exact) mass is 402 g/mol. The van der Waals surface area contributed by atoms with E-state index in [9.17, 15) is 18.0 Å². The molecule has 1 N–H and O–H groups in total. The minimum absolute atomic E-state index is 0.113. The zero-order valence-corrected chi connectivity index (χ0v) is 15.2. The lowest BCUT2D eigenvalue weighted by atomic mass is 10.0. The fourth-order valence-electron chi connectivity index (χ4n) is 3.30. The molecule has 0 saturated carbocycles. The van der Waals surface area contributed by atoms with Crippen molar-refractivity contribution < 1.29 is 22.5 Å². The van der Waals surface area contributed by atoms with Crippen LogP contribution >= 0.6 is 0 Å². The molecule has 1 fully saturated rings. The molecule has 0 spiro atoms. The highest BCUT2D eigenvalue weighted by molar-refractivity contribution is 5.89. The molecule has 6 nitrogen and oxygen atoms in total. The van der Waals surface area contributed by atoms with Crippen molar-refractivity contribution in [1.82, 2.24) is 15.0 Å². The molecule has 2 amide bonds. The Balaban J connectivity index is 1.54. The second kappa shape index (κ2) is 7.94. The Morgan fingerprint density at radius 1 is 1.07 bits per heavy atom. The number of rotatable bonds is 3. The molecule has 4 rings (SSSR count). The Hall–Kier alpha value is -3.36. The summed E-state index contributed by atoms with van der Waals surface area (Å²) in [5.41, 5.74) is 0.472. The van der Waals surface area contributed by atoms with Crippen LogP contribution in [0.15, 0.2) is 47.0 Å². The number of nitrogens with one attached hydrogen (secondary N) is 1. The number of urea groups is 1. The largest absolute Gasteiger partial charge is 0.337 e. The van der Waals surface area contributed by atoms with Crippen LogP contribution in [-0.2, 0) is 0 Å². The average Bonchev–Trinajstić information content (AvgIpc) is 3.20. The number of benzene rings is 2. The van der Waals surface area contributed by atoms with Crippen molar-refractivity contribution in [2.45, 2.75) is 25.3 Å². The van der Waals surface area contributed by atoms with Gasteiger partial charge in [-0.25, -0.2) is 18.0 Å². The van der Waals surface area contributed by atoms with Crippen LogP contribution < -0.4 is 5.32 Å². The van der Waals surface area contributed by atoms with E-state index in [1.54, 1.807) is 0 Å². The first-order chi connectivity index (χ1) is 14.0. The molecule has 150 valence electrons. The van der Waals surface area contributed by atoms with Gasteiger partial charge in [0.05, 0.1) is 5.69 Å². The van der Waals surface area contributed by atoms with Crippen molar-refractivity contribution in [1.29, 1.82) is 0 Å². The van der Waals surface area contributed by atoms with Gasteiger partial charge >= 0.3 is 6.03 Å². The third-order valence-corrected chi connectivity index (χ3v) is 4.77. The van der Waals surface area contributed by atoms with Crippen LogP contribution in [0.2, 0.25) is 0 Å².